The van der Waals surface area contributed by atoms with Crippen molar-refractivity contribution in [1.82, 2.24) is 4.90 Å². The van der Waals surface area contributed by atoms with Crippen LogP contribution in [0.2, 0.25) is 0 Å². The molecular weight excluding hydrogens is 308 g/mol. The first-order chi connectivity index (χ1) is 10.9. The standard InChI is InChI=1S/C16H17F2NO4/c1-23-9-5-14(16(21)22)19(7-9)15(20)12-6-11(12)10-3-2-8(17)4-13(10)18/h2-4,9,11-12,14H,5-7H2,1H3,(H,21,22). The first-order valence-electron chi connectivity index (χ1n) is 7.43. The molecule has 7 heteroatoms. The molecule has 3 rings (SSSR count). The SMILES string of the molecule is COC1CC(C(=O)O)N(C(=O)C2CC2c2ccc(F)cc2F)C1. The zero-order valence-electron chi connectivity index (χ0n) is 12.5. The molecule has 0 aromatic heterocycles. The molecule has 2 fully saturated rings. The number of aliphatic carboxylic acids is 1. The van der Waals surface area contributed by atoms with Crippen LogP contribution in [0.5, 0.6) is 0 Å². The fourth-order valence-electron chi connectivity index (χ4n) is 3.27. The van der Waals surface area contributed by atoms with Gasteiger partial charge in [0.2, 0.25) is 5.91 Å². The van der Waals surface area contributed by atoms with E-state index in [-0.39, 0.29) is 30.9 Å². The average molecular weight is 325 g/mol. The lowest BCUT2D eigenvalue weighted by molar-refractivity contribution is -0.148. The van der Waals surface area contributed by atoms with Crippen LogP contribution in [-0.2, 0) is 14.3 Å². The molecule has 1 aliphatic carbocycles. The Bertz CT molecular complexity index is 651. The maximum Gasteiger partial charge on any atom is 0.326 e. The van der Waals surface area contributed by atoms with Gasteiger partial charge in [0.05, 0.1) is 6.10 Å². The van der Waals surface area contributed by atoms with Crippen LogP contribution in [0.25, 0.3) is 0 Å². The second-order valence-corrected chi connectivity index (χ2v) is 6.05. The zero-order chi connectivity index (χ0) is 16.7. The number of carbonyl (C=O) groups excluding carboxylic acids is 1. The van der Waals surface area contributed by atoms with Crippen LogP contribution in [-0.4, -0.2) is 47.7 Å². The molecule has 1 heterocycles. The number of carboxylic acid groups (broad SMARTS) is 1. The lowest BCUT2D eigenvalue weighted by Crippen LogP contribution is -2.41. The van der Waals surface area contributed by atoms with Crippen molar-refractivity contribution in [3.63, 3.8) is 0 Å². The minimum atomic E-state index is -1.07. The van der Waals surface area contributed by atoms with Crippen molar-refractivity contribution < 1.29 is 28.2 Å². The van der Waals surface area contributed by atoms with Gasteiger partial charge in [0, 0.05) is 32.1 Å². The molecule has 0 bridgehead atoms. The maximum absolute atomic E-state index is 13.8. The largest absolute Gasteiger partial charge is 0.480 e. The van der Waals surface area contributed by atoms with Crippen LogP contribution in [0.15, 0.2) is 18.2 Å². The number of carbonyl (C=O) groups is 2. The smallest absolute Gasteiger partial charge is 0.326 e. The van der Waals surface area contributed by atoms with Gasteiger partial charge in [0.15, 0.2) is 0 Å². The summed E-state index contributed by atoms with van der Waals surface area (Å²) in [6, 6.07) is 2.40. The molecule has 1 aromatic carbocycles. The zero-order valence-corrected chi connectivity index (χ0v) is 12.5. The third-order valence-electron chi connectivity index (χ3n) is 4.63. The van der Waals surface area contributed by atoms with E-state index in [1.54, 1.807) is 0 Å². The Balaban J connectivity index is 1.73. The monoisotopic (exact) mass is 325 g/mol. The Labute approximate surface area is 131 Å². The number of amides is 1. The second-order valence-electron chi connectivity index (χ2n) is 6.05. The van der Waals surface area contributed by atoms with Gasteiger partial charge < -0.3 is 14.7 Å². The van der Waals surface area contributed by atoms with E-state index in [2.05, 4.69) is 0 Å². The van der Waals surface area contributed by atoms with E-state index in [1.165, 1.54) is 18.1 Å². The summed E-state index contributed by atoms with van der Waals surface area (Å²) in [6.07, 6.45) is 0.390. The molecule has 0 radical (unpaired) electrons. The average Bonchev–Trinajstić information content (AvgIpc) is 3.15. The second kappa shape index (κ2) is 5.88. The van der Waals surface area contributed by atoms with E-state index in [9.17, 15) is 23.5 Å². The molecule has 4 unspecified atom stereocenters. The molecule has 5 nitrogen and oxygen atoms in total. The van der Waals surface area contributed by atoms with Gasteiger partial charge in [0.1, 0.15) is 17.7 Å². The van der Waals surface area contributed by atoms with Crippen LogP contribution in [0, 0.1) is 17.6 Å². The van der Waals surface area contributed by atoms with Gasteiger partial charge in [-0.15, -0.1) is 0 Å². The van der Waals surface area contributed by atoms with Crippen molar-refractivity contribution in [2.45, 2.75) is 30.9 Å². The minimum Gasteiger partial charge on any atom is -0.480 e. The topological polar surface area (TPSA) is 66.8 Å². The molecule has 1 amide bonds. The molecule has 2 aliphatic rings. The van der Waals surface area contributed by atoms with Gasteiger partial charge in [-0.1, -0.05) is 6.07 Å². The minimum absolute atomic E-state index is 0.224. The van der Waals surface area contributed by atoms with E-state index in [1.807, 2.05) is 0 Å². The highest BCUT2D eigenvalue weighted by atomic mass is 19.1. The van der Waals surface area contributed by atoms with E-state index in [0.717, 1.165) is 12.1 Å². The quantitative estimate of drug-likeness (QED) is 0.916. The number of halogens is 2. The van der Waals surface area contributed by atoms with Gasteiger partial charge in [-0.2, -0.15) is 0 Å². The van der Waals surface area contributed by atoms with Crippen molar-refractivity contribution >= 4 is 11.9 Å². The van der Waals surface area contributed by atoms with Crippen molar-refractivity contribution in [2.75, 3.05) is 13.7 Å². The van der Waals surface area contributed by atoms with Gasteiger partial charge in [-0.25, -0.2) is 13.6 Å². The van der Waals surface area contributed by atoms with Crippen LogP contribution in [0.1, 0.15) is 24.3 Å². The third kappa shape index (κ3) is 2.93. The fraction of sp³-hybridized carbons (Fsp3) is 0.500. The lowest BCUT2D eigenvalue weighted by Gasteiger charge is -2.21. The third-order valence-corrected chi connectivity index (χ3v) is 4.63. The summed E-state index contributed by atoms with van der Waals surface area (Å²) in [5.74, 6) is -3.47. The number of nitrogens with zero attached hydrogens (tertiary/aromatic N) is 1. The number of hydrogen-bond acceptors (Lipinski definition) is 3. The maximum atomic E-state index is 13.8. The summed E-state index contributed by atoms with van der Waals surface area (Å²) < 4.78 is 31.9. The number of carboxylic acids is 1. The molecule has 1 saturated heterocycles. The van der Waals surface area contributed by atoms with Crippen LogP contribution in [0.3, 0.4) is 0 Å². The molecule has 124 valence electrons. The highest BCUT2D eigenvalue weighted by molar-refractivity contribution is 5.88. The summed E-state index contributed by atoms with van der Waals surface area (Å²) in [4.78, 5) is 25.2. The van der Waals surface area contributed by atoms with Gasteiger partial charge in [-0.3, -0.25) is 4.79 Å². The van der Waals surface area contributed by atoms with Crippen LogP contribution in [0.4, 0.5) is 8.78 Å². The van der Waals surface area contributed by atoms with Crippen molar-refractivity contribution in [2.24, 2.45) is 5.92 Å². The van der Waals surface area contributed by atoms with Gasteiger partial charge >= 0.3 is 5.97 Å². The molecule has 4 atom stereocenters. The first kappa shape index (κ1) is 15.9. The molecule has 1 aliphatic heterocycles. The van der Waals surface area contributed by atoms with E-state index in [0.29, 0.717) is 12.0 Å². The Morgan fingerprint density at radius 3 is 2.65 bits per heavy atom. The molecule has 1 saturated carbocycles. The summed E-state index contributed by atoms with van der Waals surface area (Å²) in [6.45, 7) is 0.224. The van der Waals surface area contributed by atoms with Crippen molar-refractivity contribution in [3.8, 4) is 0 Å². The molecule has 0 spiro atoms. The molecule has 1 N–H and O–H groups in total. The number of benzene rings is 1. The predicted molar refractivity (Wildman–Crippen MR) is 75.8 cm³/mol. The number of likely N-dealkylation sites (tertiary alicyclic amines) is 1. The van der Waals surface area contributed by atoms with Crippen molar-refractivity contribution in [3.05, 3.63) is 35.4 Å². The fourth-order valence-corrected chi connectivity index (χ4v) is 3.27. The Kier molecular flexibility index (Phi) is 4.06. The summed E-state index contributed by atoms with van der Waals surface area (Å²) in [5, 5.41) is 9.25. The van der Waals surface area contributed by atoms with Crippen LogP contribution < -0.4 is 0 Å². The van der Waals surface area contributed by atoms with Gasteiger partial charge in [-0.05, 0) is 24.0 Å². The van der Waals surface area contributed by atoms with Gasteiger partial charge in [0.25, 0.3) is 0 Å². The highest BCUT2D eigenvalue weighted by Crippen LogP contribution is 2.50. The number of methoxy groups -OCH3 is 1. The van der Waals surface area contributed by atoms with Crippen molar-refractivity contribution in [1.29, 1.82) is 0 Å². The number of rotatable bonds is 4. The van der Waals surface area contributed by atoms with Crippen LogP contribution >= 0.6 is 0 Å². The van der Waals surface area contributed by atoms with E-state index < -0.39 is 29.6 Å². The Hall–Kier alpha value is -2.02. The summed E-state index contributed by atoms with van der Waals surface area (Å²) in [5.41, 5.74) is 0.305. The molecule has 23 heavy (non-hydrogen) atoms. The summed E-state index contributed by atoms with van der Waals surface area (Å²) >= 11 is 0. The number of ether oxygens (including phenoxy) is 1. The normalized spacial score (nSPS) is 29.6. The van der Waals surface area contributed by atoms with E-state index >= 15 is 0 Å². The lowest BCUT2D eigenvalue weighted by atomic mass is 10.1. The molecular formula is C16H17F2NO4. The first-order valence-corrected chi connectivity index (χ1v) is 7.43. The Morgan fingerprint density at radius 1 is 1.30 bits per heavy atom. The highest BCUT2D eigenvalue weighted by Gasteiger charge is 2.51. The predicted octanol–water partition coefficient (Wildman–Crippen LogP) is 1.77. The molecule has 1 aromatic rings. The van der Waals surface area contributed by atoms with E-state index in [4.69, 9.17) is 4.74 Å². The Morgan fingerprint density at radius 2 is 2.04 bits per heavy atom. The summed E-state index contributed by atoms with van der Waals surface area (Å²) in [7, 11) is 1.48. The number of hydrogen-bond donors (Lipinski definition) is 1.